The van der Waals surface area contributed by atoms with E-state index in [0.29, 0.717) is 6.42 Å². The molecule has 0 aliphatic heterocycles. The molecule has 0 bridgehead atoms. The molecule has 0 aromatic rings. The van der Waals surface area contributed by atoms with Crippen molar-refractivity contribution in [1.82, 2.24) is 0 Å². The van der Waals surface area contributed by atoms with Gasteiger partial charge in [-0.3, -0.25) is 4.79 Å². The highest BCUT2D eigenvalue weighted by Crippen LogP contribution is 2.53. The maximum Gasteiger partial charge on any atom is 0.312 e. The number of esters is 1. The molecular formula is C8H10Cl2O2. The van der Waals surface area contributed by atoms with Gasteiger partial charge in [-0.15, -0.1) is 23.2 Å². The third-order valence-electron chi connectivity index (χ3n) is 1.57. The summed E-state index contributed by atoms with van der Waals surface area (Å²) in [6.45, 7) is 5.64. The summed E-state index contributed by atoms with van der Waals surface area (Å²) in [7, 11) is 0. The van der Waals surface area contributed by atoms with E-state index in [4.69, 9.17) is 27.9 Å². The van der Waals surface area contributed by atoms with Gasteiger partial charge in [0.1, 0.15) is 10.9 Å². The van der Waals surface area contributed by atoms with E-state index in [2.05, 4.69) is 6.58 Å². The van der Waals surface area contributed by atoms with Crippen LogP contribution in [0.25, 0.3) is 0 Å². The summed E-state index contributed by atoms with van der Waals surface area (Å²) in [5, 5.41) is 0. The normalized spacial score (nSPS) is 24.8. The zero-order valence-corrected chi connectivity index (χ0v) is 8.28. The van der Waals surface area contributed by atoms with E-state index < -0.39 is 4.33 Å². The predicted molar refractivity (Wildman–Crippen MR) is 48.3 cm³/mol. The van der Waals surface area contributed by atoms with Gasteiger partial charge in [-0.05, 0) is 18.9 Å². The van der Waals surface area contributed by atoms with Crippen molar-refractivity contribution in [3.8, 4) is 0 Å². The van der Waals surface area contributed by atoms with Gasteiger partial charge in [0.25, 0.3) is 0 Å². The van der Waals surface area contributed by atoms with Crippen LogP contribution in [-0.2, 0) is 9.53 Å². The minimum Gasteiger partial charge on any atom is -0.461 e. The second-order valence-corrected chi connectivity index (χ2v) is 4.62. The van der Waals surface area contributed by atoms with Gasteiger partial charge in [-0.1, -0.05) is 6.58 Å². The molecule has 0 aromatic carbocycles. The molecule has 0 saturated heterocycles. The number of rotatable bonds is 3. The highest BCUT2D eigenvalue weighted by atomic mass is 35.5. The van der Waals surface area contributed by atoms with Crippen LogP contribution in [-0.4, -0.2) is 16.9 Å². The number of hydrogen-bond acceptors (Lipinski definition) is 2. The van der Waals surface area contributed by atoms with Crippen molar-refractivity contribution in [2.24, 2.45) is 5.92 Å². The molecule has 4 heteroatoms. The lowest BCUT2D eigenvalue weighted by atomic mass is 10.4. The fraction of sp³-hybridized carbons (Fsp3) is 0.625. The lowest BCUT2D eigenvalue weighted by molar-refractivity contribution is -0.144. The van der Waals surface area contributed by atoms with Gasteiger partial charge in [-0.25, -0.2) is 0 Å². The number of carbonyl (C=O) groups excluding carboxylic acids is 1. The molecule has 0 amide bonds. The number of hydrogen-bond donors (Lipinski definition) is 0. The van der Waals surface area contributed by atoms with E-state index in [1.54, 1.807) is 6.92 Å². The highest BCUT2D eigenvalue weighted by molar-refractivity contribution is 6.52. The predicted octanol–water partition coefficient (Wildman–Crippen LogP) is 2.30. The van der Waals surface area contributed by atoms with E-state index in [1.165, 1.54) is 0 Å². The topological polar surface area (TPSA) is 26.3 Å². The van der Waals surface area contributed by atoms with Crippen LogP contribution >= 0.6 is 23.2 Å². The van der Waals surface area contributed by atoms with Crippen molar-refractivity contribution in [3.63, 3.8) is 0 Å². The summed E-state index contributed by atoms with van der Waals surface area (Å²) >= 11 is 11.3. The van der Waals surface area contributed by atoms with Gasteiger partial charge in [0.15, 0.2) is 0 Å². The molecular weight excluding hydrogens is 199 g/mol. The Morgan fingerprint density at radius 2 is 2.25 bits per heavy atom. The van der Waals surface area contributed by atoms with Gasteiger partial charge in [0, 0.05) is 0 Å². The molecule has 1 aliphatic rings. The molecule has 12 heavy (non-hydrogen) atoms. The Bertz CT molecular complexity index is 223. The Hall–Kier alpha value is -0.210. The molecule has 0 aromatic heterocycles. The van der Waals surface area contributed by atoms with Crippen molar-refractivity contribution in [1.29, 1.82) is 0 Å². The second-order valence-electron chi connectivity index (χ2n) is 3.08. The van der Waals surface area contributed by atoms with Crippen molar-refractivity contribution in [2.75, 3.05) is 6.61 Å². The van der Waals surface area contributed by atoms with Gasteiger partial charge in [0.05, 0.1) is 5.92 Å². The first kappa shape index (κ1) is 9.87. The molecule has 1 saturated carbocycles. The Labute approximate surface area is 81.5 Å². The molecule has 0 spiro atoms. The number of carbonyl (C=O) groups is 1. The van der Waals surface area contributed by atoms with Crippen molar-refractivity contribution < 1.29 is 9.53 Å². The Morgan fingerprint density at radius 3 is 2.58 bits per heavy atom. The summed E-state index contributed by atoms with van der Waals surface area (Å²) in [6, 6.07) is 0. The Kier molecular flexibility index (Phi) is 2.69. The summed E-state index contributed by atoms with van der Waals surface area (Å²) in [5.41, 5.74) is 0.804. The lowest BCUT2D eigenvalue weighted by Gasteiger charge is -2.03. The number of halogens is 2. The van der Waals surface area contributed by atoms with Crippen LogP contribution < -0.4 is 0 Å². The van der Waals surface area contributed by atoms with E-state index in [9.17, 15) is 4.79 Å². The van der Waals surface area contributed by atoms with Crippen LogP contribution in [0.2, 0.25) is 0 Å². The molecule has 1 unspecified atom stereocenters. The van der Waals surface area contributed by atoms with Gasteiger partial charge in [0.2, 0.25) is 0 Å². The molecule has 2 nitrogen and oxygen atoms in total. The first-order chi connectivity index (χ1) is 5.43. The van der Waals surface area contributed by atoms with Crippen LogP contribution in [0.5, 0.6) is 0 Å². The Morgan fingerprint density at radius 1 is 1.75 bits per heavy atom. The first-order valence-electron chi connectivity index (χ1n) is 3.62. The Balaban J connectivity index is 2.27. The minimum absolute atomic E-state index is 0.249. The van der Waals surface area contributed by atoms with Crippen molar-refractivity contribution in [3.05, 3.63) is 12.2 Å². The smallest absolute Gasteiger partial charge is 0.312 e. The summed E-state index contributed by atoms with van der Waals surface area (Å²) < 4.78 is 3.97. The minimum atomic E-state index is -0.883. The van der Waals surface area contributed by atoms with Crippen LogP contribution in [0.15, 0.2) is 12.2 Å². The summed E-state index contributed by atoms with van der Waals surface area (Å²) in [6.07, 6.45) is 0.491. The average Bonchev–Trinajstić information content (AvgIpc) is 2.55. The van der Waals surface area contributed by atoms with Crippen LogP contribution in [0.1, 0.15) is 13.3 Å². The van der Waals surface area contributed by atoms with Crippen LogP contribution in [0.4, 0.5) is 0 Å². The van der Waals surface area contributed by atoms with E-state index in [1.807, 2.05) is 0 Å². The zero-order valence-electron chi connectivity index (χ0n) is 6.77. The third kappa shape index (κ3) is 2.39. The van der Waals surface area contributed by atoms with Crippen LogP contribution in [0.3, 0.4) is 0 Å². The molecule has 0 radical (unpaired) electrons. The van der Waals surface area contributed by atoms with Gasteiger partial charge >= 0.3 is 5.97 Å². The van der Waals surface area contributed by atoms with Crippen LogP contribution in [0, 0.1) is 5.92 Å². The monoisotopic (exact) mass is 208 g/mol. The summed E-state index contributed by atoms with van der Waals surface area (Å²) in [5.74, 6) is -0.678. The standard InChI is InChI=1S/C8H10Cl2O2/c1-5(2)4-12-7(11)6-3-8(6,9)10/h6H,1,3-4H2,2H3. The summed E-state index contributed by atoms with van der Waals surface area (Å²) in [4.78, 5) is 11.1. The molecule has 1 aliphatic carbocycles. The zero-order chi connectivity index (χ0) is 9.35. The molecule has 1 fully saturated rings. The SMILES string of the molecule is C=C(C)COC(=O)C1CC1(Cl)Cl. The molecule has 0 heterocycles. The third-order valence-corrected chi connectivity index (χ3v) is 2.41. The first-order valence-corrected chi connectivity index (χ1v) is 4.38. The van der Waals surface area contributed by atoms with E-state index in [0.717, 1.165) is 5.57 Å². The maximum atomic E-state index is 11.1. The maximum absolute atomic E-state index is 11.1. The van der Waals surface area contributed by atoms with Gasteiger partial charge < -0.3 is 4.74 Å². The van der Waals surface area contributed by atoms with Crippen molar-refractivity contribution in [2.45, 2.75) is 17.7 Å². The molecule has 0 N–H and O–H groups in total. The highest BCUT2D eigenvalue weighted by Gasteiger charge is 2.57. The number of alkyl halides is 2. The van der Waals surface area contributed by atoms with E-state index >= 15 is 0 Å². The van der Waals surface area contributed by atoms with Gasteiger partial charge in [-0.2, -0.15) is 0 Å². The van der Waals surface area contributed by atoms with Crippen molar-refractivity contribution >= 4 is 29.2 Å². The fourth-order valence-electron chi connectivity index (χ4n) is 0.764. The molecule has 68 valence electrons. The molecule has 1 atom stereocenters. The second kappa shape index (κ2) is 3.27. The molecule has 1 rings (SSSR count). The number of ether oxygens (including phenoxy) is 1. The largest absolute Gasteiger partial charge is 0.461 e. The quantitative estimate of drug-likeness (QED) is 0.405. The average molecular weight is 209 g/mol. The fourth-order valence-corrected chi connectivity index (χ4v) is 1.25. The lowest BCUT2D eigenvalue weighted by Crippen LogP contribution is -2.11. The van der Waals surface area contributed by atoms with E-state index in [-0.39, 0.29) is 18.5 Å².